The van der Waals surface area contributed by atoms with Gasteiger partial charge < -0.3 is 4.74 Å². The van der Waals surface area contributed by atoms with E-state index in [1.54, 1.807) is 5.94 Å². The highest BCUT2D eigenvalue weighted by atomic mass is 35.5. The van der Waals surface area contributed by atoms with E-state index in [2.05, 4.69) is 0 Å². The average molecular weight is 267 g/mol. The maximum atomic E-state index is 11.0. The highest BCUT2D eigenvalue weighted by molar-refractivity contribution is 6.69. The Bertz CT molecular complexity index is 416. The van der Waals surface area contributed by atoms with Crippen molar-refractivity contribution in [2.75, 3.05) is 7.11 Å². The highest BCUT2D eigenvalue weighted by Crippen LogP contribution is 2.34. The van der Waals surface area contributed by atoms with Gasteiger partial charge in [0.05, 0.1) is 23.3 Å². The standard InChI is InChI=1S/C9H5Cl3O3/c1-15-8-6(10)4(3-13)2-5(7(8)11)9(12)14/h2,6H,1H3. The van der Waals surface area contributed by atoms with Crippen LogP contribution in [-0.2, 0) is 14.3 Å². The summed E-state index contributed by atoms with van der Waals surface area (Å²) in [5.41, 5.74) is 0.0346. The van der Waals surface area contributed by atoms with Crippen molar-refractivity contribution in [2.24, 2.45) is 0 Å². The van der Waals surface area contributed by atoms with Crippen LogP contribution in [0, 0.1) is 0 Å². The van der Waals surface area contributed by atoms with Gasteiger partial charge in [-0.2, -0.15) is 0 Å². The number of ether oxygens (including phenoxy) is 1. The minimum absolute atomic E-state index is 0.0106. The molecular weight excluding hydrogens is 262 g/mol. The van der Waals surface area contributed by atoms with Gasteiger partial charge in [0.15, 0.2) is 0 Å². The predicted molar refractivity (Wildman–Crippen MR) is 57.7 cm³/mol. The Balaban J connectivity index is 3.36. The lowest BCUT2D eigenvalue weighted by molar-refractivity contribution is -0.108. The van der Waals surface area contributed by atoms with Gasteiger partial charge in [0.1, 0.15) is 17.1 Å². The van der Waals surface area contributed by atoms with Crippen LogP contribution in [-0.4, -0.2) is 23.7 Å². The molecule has 0 bridgehead atoms. The van der Waals surface area contributed by atoms with E-state index in [-0.39, 0.29) is 21.9 Å². The summed E-state index contributed by atoms with van der Waals surface area (Å²) in [4.78, 5) is 21.5. The Hall–Kier alpha value is -0.730. The topological polar surface area (TPSA) is 43.4 Å². The van der Waals surface area contributed by atoms with Gasteiger partial charge in [0.25, 0.3) is 5.24 Å². The van der Waals surface area contributed by atoms with Gasteiger partial charge in [-0.05, 0) is 17.7 Å². The summed E-state index contributed by atoms with van der Waals surface area (Å²) >= 11 is 16.9. The van der Waals surface area contributed by atoms with Gasteiger partial charge in [0, 0.05) is 0 Å². The Morgan fingerprint density at radius 3 is 2.60 bits per heavy atom. The molecule has 0 aromatic carbocycles. The van der Waals surface area contributed by atoms with Crippen LogP contribution >= 0.6 is 34.8 Å². The molecule has 80 valence electrons. The second-order valence-corrected chi connectivity index (χ2v) is 3.79. The first-order chi connectivity index (χ1) is 7.02. The molecule has 1 unspecified atom stereocenters. The maximum absolute atomic E-state index is 11.0. The van der Waals surface area contributed by atoms with Crippen LogP contribution in [0.25, 0.3) is 0 Å². The lowest BCUT2D eigenvalue weighted by Gasteiger charge is -2.19. The number of carbonyl (C=O) groups excluding carboxylic acids is 2. The highest BCUT2D eigenvalue weighted by Gasteiger charge is 2.30. The number of allylic oxidation sites excluding steroid dienone is 4. The molecule has 0 amide bonds. The maximum Gasteiger partial charge on any atom is 0.254 e. The summed E-state index contributed by atoms with van der Waals surface area (Å²) < 4.78 is 4.89. The summed E-state index contributed by atoms with van der Waals surface area (Å²) in [6.07, 6.45) is 1.20. The summed E-state index contributed by atoms with van der Waals surface area (Å²) in [5.74, 6) is 1.71. The summed E-state index contributed by atoms with van der Waals surface area (Å²) in [7, 11) is 1.33. The molecule has 6 heteroatoms. The third-order valence-electron chi connectivity index (χ3n) is 1.81. The van der Waals surface area contributed by atoms with Crippen molar-refractivity contribution in [3.05, 3.63) is 28.0 Å². The first-order valence-corrected chi connectivity index (χ1v) is 4.96. The lowest BCUT2D eigenvalue weighted by atomic mass is 10.0. The molecule has 1 atom stereocenters. The molecule has 15 heavy (non-hydrogen) atoms. The Morgan fingerprint density at radius 1 is 1.60 bits per heavy atom. The summed E-state index contributed by atoms with van der Waals surface area (Å²) in [5, 5.41) is -1.62. The van der Waals surface area contributed by atoms with Crippen molar-refractivity contribution in [3.63, 3.8) is 0 Å². The van der Waals surface area contributed by atoms with Crippen LogP contribution in [0.15, 0.2) is 28.0 Å². The fourth-order valence-corrected chi connectivity index (χ4v) is 1.98. The zero-order valence-electron chi connectivity index (χ0n) is 7.51. The molecule has 0 radical (unpaired) electrons. The third kappa shape index (κ3) is 2.27. The van der Waals surface area contributed by atoms with Crippen molar-refractivity contribution in [3.8, 4) is 0 Å². The molecule has 0 aromatic heterocycles. The molecule has 1 rings (SSSR count). The van der Waals surface area contributed by atoms with Crippen LogP contribution in [0.5, 0.6) is 0 Å². The zero-order valence-corrected chi connectivity index (χ0v) is 9.78. The Kier molecular flexibility index (Phi) is 4.00. The fourth-order valence-electron chi connectivity index (χ4n) is 1.09. The lowest BCUT2D eigenvalue weighted by Crippen LogP contribution is -2.17. The van der Waals surface area contributed by atoms with Crippen LogP contribution in [0.1, 0.15) is 0 Å². The molecular formula is C9H5Cl3O3. The van der Waals surface area contributed by atoms with E-state index in [4.69, 9.17) is 39.5 Å². The van der Waals surface area contributed by atoms with E-state index < -0.39 is 10.6 Å². The minimum Gasteiger partial charge on any atom is -0.498 e. The smallest absolute Gasteiger partial charge is 0.254 e. The van der Waals surface area contributed by atoms with Crippen LogP contribution in [0.2, 0.25) is 0 Å². The Labute approximate surface area is 101 Å². The fraction of sp³-hybridized carbons (Fsp3) is 0.222. The molecule has 0 heterocycles. The van der Waals surface area contributed by atoms with Gasteiger partial charge in [-0.15, -0.1) is 11.6 Å². The third-order valence-corrected chi connectivity index (χ3v) is 2.83. The summed E-state index contributed by atoms with van der Waals surface area (Å²) in [6, 6.07) is 0. The van der Waals surface area contributed by atoms with Crippen LogP contribution in [0.3, 0.4) is 0 Å². The molecule has 0 saturated heterocycles. The summed E-state index contributed by atoms with van der Waals surface area (Å²) in [6.45, 7) is 0. The van der Waals surface area contributed by atoms with Crippen LogP contribution in [0.4, 0.5) is 0 Å². The predicted octanol–water partition coefficient (Wildman–Crippen LogP) is 2.15. The molecule has 1 aliphatic carbocycles. The molecule has 3 nitrogen and oxygen atoms in total. The molecule has 1 aliphatic rings. The van der Waals surface area contributed by atoms with Gasteiger partial charge in [0.2, 0.25) is 0 Å². The van der Waals surface area contributed by atoms with E-state index in [0.717, 1.165) is 0 Å². The van der Waals surface area contributed by atoms with Gasteiger partial charge >= 0.3 is 0 Å². The van der Waals surface area contributed by atoms with Crippen molar-refractivity contribution < 1.29 is 14.3 Å². The van der Waals surface area contributed by atoms with Gasteiger partial charge in [-0.1, -0.05) is 11.6 Å². The van der Waals surface area contributed by atoms with Gasteiger partial charge in [-0.25, -0.2) is 4.79 Å². The zero-order chi connectivity index (χ0) is 11.6. The molecule has 0 fully saturated rings. The number of hydrogen-bond acceptors (Lipinski definition) is 3. The number of methoxy groups -OCH3 is 1. The van der Waals surface area contributed by atoms with E-state index >= 15 is 0 Å². The number of alkyl halides is 1. The minimum atomic E-state index is -0.847. The molecule has 0 spiro atoms. The number of carbonyl (C=O) groups is 1. The van der Waals surface area contributed by atoms with E-state index in [0.29, 0.717) is 0 Å². The molecule has 0 saturated carbocycles. The second kappa shape index (κ2) is 4.86. The molecule has 0 aromatic rings. The molecule has 0 aliphatic heterocycles. The quantitative estimate of drug-likeness (QED) is 0.437. The SMILES string of the molecule is COC1=C(Cl)C(C(=O)Cl)=CC(=C=O)C1Cl. The largest absolute Gasteiger partial charge is 0.498 e. The first kappa shape index (κ1) is 12.3. The second-order valence-electron chi connectivity index (χ2n) is 2.63. The van der Waals surface area contributed by atoms with Crippen molar-refractivity contribution >= 4 is 46.0 Å². The van der Waals surface area contributed by atoms with Crippen molar-refractivity contribution in [1.29, 1.82) is 0 Å². The van der Waals surface area contributed by atoms with Crippen molar-refractivity contribution in [2.45, 2.75) is 5.38 Å². The van der Waals surface area contributed by atoms with E-state index in [9.17, 15) is 9.59 Å². The monoisotopic (exact) mass is 266 g/mol. The van der Waals surface area contributed by atoms with E-state index in [1.807, 2.05) is 0 Å². The normalized spacial score (nSPS) is 20.9. The average Bonchev–Trinajstić information content (AvgIpc) is 2.18. The first-order valence-electron chi connectivity index (χ1n) is 3.77. The van der Waals surface area contributed by atoms with Gasteiger partial charge in [-0.3, -0.25) is 4.79 Å². The number of hydrogen-bond donors (Lipinski definition) is 0. The number of halogens is 3. The molecule has 0 N–H and O–H groups in total. The van der Waals surface area contributed by atoms with Crippen LogP contribution < -0.4 is 0 Å². The Morgan fingerprint density at radius 2 is 2.20 bits per heavy atom. The number of rotatable bonds is 2. The van der Waals surface area contributed by atoms with Crippen molar-refractivity contribution in [1.82, 2.24) is 0 Å². The van der Waals surface area contributed by atoms with E-state index in [1.165, 1.54) is 13.2 Å².